The van der Waals surface area contributed by atoms with Crippen molar-refractivity contribution in [2.24, 2.45) is 0 Å². The molecule has 0 aliphatic carbocycles. The van der Waals surface area contributed by atoms with E-state index < -0.39 is 8.60 Å². The molecule has 2 N–H and O–H groups in total. The summed E-state index contributed by atoms with van der Waals surface area (Å²) >= 11 is 0. The average molecular weight is 326 g/mol. The lowest BCUT2D eigenvalue weighted by molar-refractivity contribution is 0.367. The molecule has 1 aromatic rings. The van der Waals surface area contributed by atoms with E-state index in [9.17, 15) is 9.79 Å². The Bertz CT molecular complexity index is 529. The zero-order valence-electron chi connectivity index (χ0n) is 15.4. The molecular formula is C18H31O3P. The van der Waals surface area contributed by atoms with Gasteiger partial charge in [0.25, 0.3) is 0 Å². The fourth-order valence-electron chi connectivity index (χ4n) is 2.90. The molecule has 0 aromatic heterocycles. The van der Waals surface area contributed by atoms with E-state index in [1.807, 2.05) is 6.07 Å². The molecule has 0 spiro atoms. The van der Waals surface area contributed by atoms with Crippen molar-refractivity contribution in [3.05, 3.63) is 28.8 Å². The van der Waals surface area contributed by atoms with Gasteiger partial charge in [-0.2, -0.15) is 0 Å². The molecule has 0 saturated carbocycles. The van der Waals surface area contributed by atoms with Crippen molar-refractivity contribution in [2.75, 3.05) is 0 Å². The van der Waals surface area contributed by atoms with E-state index in [0.29, 0.717) is 5.75 Å². The third-order valence-corrected chi connectivity index (χ3v) is 4.02. The lowest BCUT2D eigenvalue weighted by Crippen LogP contribution is -2.28. The molecule has 0 saturated heterocycles. The first-order valence-corrected chi connectivity index (χ1v) is 8.86. The Balaban J connectivity index is 3.84. The molecule has 3 nitrogen and oxygen atoms in total. The summed E-state index contributed by atoms with van der Waals surface area (Å²) in [6.45, 7) is 19.6. The molecule has 22 heavy (non-hydrogen) atoms. The Hall–Kier alpha value is -0.630. The number of hydrogen-bond donors (Lipinski definition) is 2. The summed E-state index contributed by atoms with van der Waals surface area (Å²) in [6, 6.07) is 3.93. The van der Waals surface area contributed by atoms with Gasteiger partial charge in [-0.1, -0.05) is 68.4 Å². The van der Waals surface area contributed by atoms with Gasteiger partial charge in [-0.05, 0) is 33.4 Å². The maximum Gasteiger partial charge on any atom is 0.391 e. The van der Waals surface area contributed by atoms with Gasteiger partial charge in [0.15, 0.2) is 0 Å². The van der Waals surface area contributed by atoms with Crippen LogP contribution in [0.5, 0.6) is 5.75 Å². The van der Waals surface area contributed by atoms with Gasteiger partial charge in [0, 0.05) is 5.56 Å². The fourth-order valence-corrected chi connectivity index (χ4v) is 3.22. The largest absolute Gasteiger partial charge is 0.427 e. The van der Waals surface area contributed by atoms with E-state index in [0.717, 1.165) is 5.56 Å². The van der Waals surface area contributed by atoms with Crippen LogP contribution in [0.15, 0.2) is 12.1 Å². The molecule has 0 amide bonds. The smallest absolute Gasteiger partial charge is 0.391 e. The standard InChI is InChI=1S/C18H31O3P/c1-16(2,3)12-10-11-13(21-22(19)20)15(18(7,8)9)14(12)17(4,5)6/h10-11,19-20H,1-9H3. The zero-order valence-corrected chi connectivity index (χ0v) is 16.3. The molecule has 1 aromatic carbocycles. The van der Waals surface area contributed by atoms with Crippen LogP contribution < -0.4 is 4.52 Å². The Morgan fingerprint density at radius 2 is 1.18 bits per heavy atom. The molecule has 4 heteroatoms. The summed E-state index contributed by atoms with van der Waals surface area (Å²) in [6.07, 6.45) is 0. The van der Waals surface area contributed by atoms with Crippen LogP contribution in [0, 0.1) is 0 Å². The molecule has 1 rings (SSSR count). The second kappa shape index (κ2) is 6.11. The second-order valence-electron chi connectivity index (χ2n) is 8.96. The lowest BCUT2D eigenvalue weighted by atomic mass is 9.68. The maximum atomic E-state index is 9.32. The van der Waals surface area contributed by atoms with Gasteiger partial charge in [-0.3, -0.25) is 0 Å². The molecule has 0 aliphatic heterocycles. The van der Waals surface area contributed by atoms with E-state index in [4.69, 9.17) is 4.52 Å². The molecule has 0 radical (unpaired) electrons. The SMILES string of the molecule is CC(C)(C)c1ccc(OP(O)O)c(C(C)(C)C)c1C(C)(C)C. The third-order valence-electron chi connectivity index (χ3n) is 3.66. The van der Waals surface area contributed by atoms with Crippen LogP contribution in [0.4, 0.5) is 0 Å². The van der Waals surface area contributed by atoms with Gasteiger partial charge < -0.3 is 14.3 Å². The van der Waals surface area contributed by atoms with Crippen molar-refractivity contribution < 1.29 is 14.3 Å². The monoisotopic (exact) mass is 326 g/mol. The highest BCUT2D eigenvalue weighted by Gasteiger charge is 2.34. The molecule has 0 atom stereocenters. The fraction of sp³-hybridized carbons (Fsp3) is 0.667. The molecule has 0 unspecified atom stereocenters. The van der Waals surface area contributed by atoms with Gasteiger partial charge in [0.05, 0.1) is 0 Å². The van der Waals surface area contributed by atoms with Gasteiger partial charge in [-0.25, -0.2) is 0 Å². The molecule has 126 valence electrons. The van der Waals surface area contributed by atoms with Crippen LogP contribution in [0.25, 0.3) is 0 Å². The van der Waals surface area contributed by atoms with E-state index in [1.165, 1.54) is 11.1 Å². The lowest BCUT2D eigenvalue weighted by Gasteiger charge is -2.37. The van der Waals surface area contributed by atoms with Crippen molar-refractivity contribution in [3.63, 3.8) is 0 Å². The van der Waals surface area contributed by atoms with Crippen molar-refractivity contribution >= 4 is 8.60 Å². The summed E-state index contributed by atoms with van der Waals surface area (Å²) in [7, 11) is -2.43. The van der Waals surface area contributed by atoms with Crippen LogP contribution in [0.3, 0.4) is 0 Å². The predicted molar refractivity (Wildman–Crippen MR) is 94.5 cm³/mol. The van der Waals surface area contributed by atoms with Crippen LogP contribution in [0.2, 0.25) is 0 Å². The minimum Gasteiger partial charge on any atom is -0.427 e. The highest BCUT2D eigenvalue weighted by Crippen LogP contribution is 2.47. The van der Waals surface area contributed by atoms with Crippen molar-refractivity contribution in [1.29, 1.82) is 0 Å². The molecule has 0 bridgehead atoms. The quantitative estimate of drug-likeness (QED) is 0.737. The predicted octanol–water partition coefficient (Wildman–Crippen LogP) is 5.17. The summed E-state index contributed by atoms with van der Waals surface area (Å²) in [5.41, 5.74) is 3.34. The number of hydrogen-bond acceptors (Lipinski definition) is 3. The highest BCUT2D eigenvalue weighted by molar-refractivity contribution is 7.39. The van der Waals surface area contributed by atoms with Gasteiger partial charge in [0.2, 0.25) is 0 Å². The van der Waals surface area contributed by atoms with Gasteiger partial charge in [-0.15, -0.1) is 0 Å². The Morgan fingerprint density at radius 1 is 0.727 bits per heavy atom. The Kier molecular flexibility index (Phi) is 5.39. The zero-order chi connectivity index (χ0) is 17.5. The normalized spacial score (nSPS) is 13.6. The molecule has 0 heterocycles. The van der Waals surface area contributed by atoms with Crippen molar-refractivity contribution in [1.82, 2.24) is 0 Å². The maximum absolute atomic E-state index is 9.32. The van der Waals surface area contributed by atoms with Crippen molar-refractivity contribution in [2.45, 2.75) is 78.6 Å². The summed E-state index contributed by atoms with van der Waals surface area (Å²) in [5.74, 6) is 0.571. The average Bonchev–Trinajstić information content (AvgIpc) is 2.22. The summed E-state index contributed by atoms with van der Waals surface area (Å²) in [4.78, 5) is 18.6. The first kappa shape index (κ1) is 19.4. The van der Waals surface area contributed by atoms with E-state index in [2.05, 4.69) is 68.4 Å². The summed E-state index contributed by atoms with van der Waals surface area (Å²) < 4.78 is 5.35. The summed E-state index contributed by atoms with van der Waals surface area (Å²) in [5, 5.41) is 0. The van der Waals surface area contributed by atoms with E-state index >= 15 is 0 Å². The van der Waals surface area contributed by atoms with E-state index in [1.54, 1.807) is 0 Å². The highest BCUT2D eigenvalue weighted by atomic mass is 31.2. The topological polar surface area (TPSA) is 49.7 Å². The van der Waals surface area contributed by atoms with Crippen LogP contribution in [-0.2, 0) is 16.2 Å². The number of benzene rings is 1. The van der Waals surface area contributed by atoms with Crippen LogP contribution in [-0.4, -0.2) is 9.79 Å². The third kappa shape index (κ3) is 4.44. The molecular weight excluding hydrogens is 295 g/mol. The molecule has 0 fully saturated rings. The Morgan fingerprint density at radius 3 is 1.50 bits per heavy atom. The first-order chi connectivity index (χ1) is 9.65. The first-order valence-electron chi connectivity index (χ1n) is 7.70. The van der Waals surface area contributed by atoms with Gasteiger partial charge >= 0.3 is 8.60 Å². The minimum absolute atomic E-state index is 0.00427. The van der Waals surface area contributed by atoms with Crippen LogP contribution >= 0.6 is 8.60 Å². The minimum atomic E-state index is -2.43. The Labute approximate surface area is 136 Å². The van der Waals surface area contributed by atoms with Crippen molar-refractivity contribution in [3.8, 4) is 5.75 Å². The van der Waals surface area contributed by atoms with Gasteiger partial charge in [0.1, 0.15) is 5.75 Å². The second-order valence-corrected chi connectivity index (χ2v) is 9.64. The van der Waals surface area contributed by atoms with E-state index in [-0.39, 0.29) is 16.2 Å². The van der Waals surface area contributed by atoms with Crippen LogP contribution in [0.1, 0.15) is 79.0 Å². The number of rotatable bonds is 2. The molecule has 0 aliphatic rings.